The van der Waals surface area contributed by atoms with Crippen LogP contribution in [-0.4, -0.2) is 22.4 Å². The molecule has 1 saturated carbocycles. The molecular formula is C12H17ClFN3. The van der Waals surface area contributed by atoms with Crippen molar-refractivity contribution < 1.29 is 4.39 Å². The monoisotopic (exact) mass is 257 g/mol. The number of halogens is 2. The largest absolute Gasteiger partial charge is 0.367 e. The van der Waals surface area contributed by atoms with Gasteiger partial charge in [0, 0.05) is 12.4 Å². The summed E-state index contributed by atoms with van der Waals surface area (Å²) in [7, 11) is 0. The van der Waals surface area contributed by atoms with E-state index >= 15 is 0 Å². The van der Waals surface area contributed by atoms with Gasteiger partial charge in [0.2, 0.25) is 0 Å². The van der Waals surface area contributed by atoms with Crippen LogP contribution >= 0.6 is 11.6 Å². The molecule has 94 valence electrons. The molecule has 1 aromatic heterocycles. The van der Waals surface area contributed by atoms with Crippen LogP contribution in [0.1, 0.15) is 31.9 Å². The van der Waals surface area contributed by atoms with E-state index < -0.39 is 0 Å². The Kier molecular flexibility index (Phi) is 3.82. The Bertz CT molecular complexity index is 393. The lowest BCUT2D eigenvalue weighted by molar-refractivity contribution is 0.519. The van der Waals surface area contributed by atoms with Gasteiger partial charge >= 0.3 is 0 Å². The summed E-state index contributed by atoms with van der Waals surface area (Å²) in [6, 6.07) is 0. The quantitative estimate of drug-likeness (QED) is 0.796. The second-order valence-corrected chi connectivity index (χ2v) is 5.01. The zero-order valence-corrected chi connectivity index (χ0v) is 10.7. The van der Waals surface area contributed by atoms with Gasteiger partial charge in [0.15, 0.2) is 11.6 Å². The van der Waals surface area contributed by atoms with Crippen molar-refractivity contribution in [1.82, 2.24) is 9.97 Å². The maximum absolute atomic E-state index is 13.8. The van der Waals surface area contributed by atoms with E-state index in [1.54, 1.807) is 0 Å². The summed E-state index contributed by atoms with van der Waals surface area (Å²) in [5.74, 6) is 0.656. The normalized spacial score (nSPS) is 16.9. The molecule has 0 saturated heterocycles. The molecule has 0 aliphatic heterocycles. The van der Waals surface area contributed by atoms with Crippen LogP contribution in [0.25, 0.3) is 0 Å². The third-order valence-electron chi connectivity index (χ3n) is 3.41. The minimum absolute atomic E-state index is 0.269. The Morgan fingerprint density at radius 2 is 2.24 bits per heavy atom. The van der Waals surface area contributed by atoms with Crippen molar-refractivity contribution in [2.45, 2.75) is 32.6 Å². The van der Waals surface area contributed by atoms with Crippen LogP contribution in [0.3, 0.4) is 0 Å². The van der Waals surface area contributed by atoms with Gasteiger partial charge in [-0.3, -0.25) is 0 Å². The van der Waals surface area contributed by atoms with Crippen molar-refractivity contribution >= 4 is 17.4 Å². The molecule has 0 amide bonds. The maximum atomic E-state index is 13.8. The van der Waals surface area contributed by atoms with Crippen LogP contribution < -0.4 is 5.32 Å². The molecule has 1 aliphatic carbocycles. The lowest BCUT2D eigenvalue weighted by atomic mass is 10.0. The van der Waals surface area contributed by atoms with E-state index in [1.807, 2.05) is 6.92 Å². The highest BCUT2D eigenvalue weighted by Crippen LogP contribution is 2.48. The predicted molar refractivity (Wildman–Crippen MR) is 66.9 cm³/mol. The Morgan fingerprint density at radius 3 is 2.82 bits per heavy atom. The van der Waals surface area contributed by atoms with Gasteiger partial charge in [-0.05, 0) is 31.1 Å². The maximum Gasteiger partial charge on any atom is 0.186 e. The first-order valence-corrected chi connectivity index (χ1v) is 6.53. The summed E-state index contributed by atoms with van der Waals surface area (Å²) < 4.78 is 13.8. The third kappa shape index (κ3) is 2.86. The van der Waals surface area contributed by atoms with Gasteiger partial charge in [0.1, 0.15) is 6.33 Å². The first-order valence-electron chi connectivity index (χ1n) is 6.00. The smallest absolute Gasteiger partial charge is 0.186 e. The molecule has 2 rings (SSSR count). The second kappa shape index (κ2) is 5.17. The Hall–Kier alpha value is -0.900. The standard InChI is InChI=1S/C12H17ClFN3/c1-2-9-10(14)11(17-8-16-9)15-7-12(3-4-12)5-6-13/h8H,2-7H2,1H3,(H,15,16,17). The number of aryl methyl sites for hydroxylation is 1. The summed E-state index contributed by atoms with van der Waals surface area (Å²) in [5.41, 5.74) is 0.732. The van der Waals surface area contributed by atoms with Gasteiger partial charge in [0.25, 0.3) is 0 Å². The molecule has 3 nitrogen and oxygen atoms in total. The van der Waals surface area contributed by atoms with Gasteiger partial charge in [0.05, 0.1) is 5.69 Å². The van der Waals surface area contributed by atoms with Crippen molar-refractivity contribution in [3.05, 3.63) is 17.8 Å². The van der Waals surface area contributed by atoms with Crippen LogP contribution in [0.15, 0.2) is 6.33 Å². The zero-order valence-electron chi connectivity index (χ0n) is 9.97. The molecule has 0 spiro atoms. The highest BCUT2D eigenvalue weighted by atomic mass is 35.5. The molecule has 0 unspecified atom stereocenters. The van der Waals surface area contributed by atoms with E-state index in [2.05, 4.69) is 15.3 Å². The van der Waals surface area contributed by atoms with Crippen molar-refractivity contribution in [1.29, 1.82) is 0 Å². The number of nitrogens with one attached hydrogen (secondary N) is 1. The van der Waals surface area contributed by atoms with E-state index in [-0.39, 0.29) is 11.2 Å². The molecule has 1 fully saturated rings. The van der Waals surface area contributed by atoms with E-state index in [9.17, 15) is 4.39 Å². The summed E-state index contributed by atoms with van der Waals surface area (Å²) >= 11 is 5.76. The molecular weight excluding hydrogens is 241 g/mol. The fraction of sp³-hybridized carbons (Fsp3) is 0.667. The Balaban J connectivity index is 1.99. The molecule has 0 atom stereocenters. The van der Waals surface area contributed by atoms with E-state index in [4.69, 9.17) is 11.6 Å². The van der Waals surface area contributed by atoms with Gasteiger partial charge in [-0.15, -0.1) is 11.6 Å². The van der Waals surface area contributed by atoms with Crippen LogP contribution in [-0.2, 0) is 6.42 Å². The van der Waals surface area contributed by atoms with Crippen molar-refractivity contribution in [3.8, 4) is 0 Å². The first-order chi connectivity index (χ1) is 8.21. The molecule has 1 aliphatic rings. The zero-order chi connectivity index (χ0) is 12.3. The lowest BCUT2D eigenvalue weighted by Crippen LogP contribution is -2.18. The molecule has 0 aromatic carbocycles. The molecule has 17 heavy (non-hydrogen) atoms. The molecule has 1 heterocycles. The third-order valence-corrected chi connectivity index (χ3v) is 3.60. The number of nitrogens with zero attached hydrogens (tertiary/aromatic N) is 2. The SMILES string of the molecule is CCc1ncnc(NCC2(CCCl)CC2)c1F. The fourth-order valence-electron chi connectivity index (χ4n) is 1.94. The van der Waals surface area contributed by atoms with Crippen molar-refractivity contribution in [2.24, 2.45) is 5.41 Å². The summed E-state index contributed by atoms with van der Waals surface area (Å²) in [6.45, 7) is 2.63. The van der Waals surface area contributed by atoms with Crippen LogP contribution in [0, 0.1) is 11.2 Å². The number of aromatic nitrogens is 2. The minimum Gasteiger partial charge on any atom is -0.367 e. The minimum atomic E-state index is -0.323. The molecule has 0 radical (unpaired) electrons. The molecule has 1 aromatic rings. The predicted octanol–water partition coefficient (Wildman–Crippen LogP) is 3.00. The van der Waals surface area contributed by atoms with Gasteiger partial charge in [-0.25, -0.2) is 14.4 Å². The Morgan fingerprint density at radius 1 is 1.47 bits per heavy atom. The van der Waals surface area contributed by atoms with Crippen LogP contribution in [0.2, 0.25) is 0 Å². The van der Waals surface area contributed by atoms with E-state index in [0.29, 0.717) is 23.8 Å². The molecule has 5 heteroatoms. The number of anilines is 1. The van der Waals surface area contributed by atoms with E-state index in [0.717, 1.165) is 13.0 Å². The first kappa shape index (κ1) is 12.6. The van der Waals surface area contributed by atoms with Crippen LogP contribution in [0.5, 0.6) is 0 Å². The molecule has 1 N–H and O–H groups in total. The fourth-order valence-corrected chi connectivity index (χ4v) is 2.34. The second-order valence-electron chi connectivity index (χ2n) is 4.63. The summed E-state index contributed by atoms with van der Waals surface area (Å²) in [6.07, 6.45) is 5.30. The summed E-state index contributed by atoms with van der Waals surface area (Å²) in [4.78, 5) is 7.85. The average molecular weight is 258 g/mol. The van der Waals surface area contributed by atoms with Crippen molar-refractivity contribution in [2.75, 3.05) is 17.7 Å². The number of rotatable bonds is 6. The average Bonchev–Trinajstić information content (AvgIpc) is 3.09. The number of alkyl halides is 1. The lowest BCUT2D eigenvalue weighted by Gasteiger charge is -2.15. The van der Waals surface area contributed by atoms with E-state index in [1.165, 1.54) is 19.2 Å². The van der Waals surface area contributed by atoms with Crippen LogP contribution in [0.4, 0.5) is 10.2 Å². The molecule has 0 bridgehead atoms. The number of hydrogen-bond acceptors (Lipinski definition) is 3. The van der Waals surface area contributed by atoms with Gasteiger partial charge in [-0.2, -0.15) is 0 Å². The highest BCUT2D eigenvalue weighted by molar-refractivity contribution is 6.17. The van der Waals surface area contributed by atoms with Crippen molar-refractivity contribution in [3.63, 3.8) is 0 Å². The van der Waals surface area contributed by atoms with Gasteiger partial charge < -0.3 is 5.32 Å². The number of hydrogen-bond donors (Lipinski definition) is 1. The summed E-state index contributed by atoms with van der Waals surface area (Å²) in [5, 5.41) is 3.09. The highest BCUT2D eigenvalue weighted by Gasteiger charge is 2.41. The topological polar surface area (TPSA) is 37.8 Å². The Labute approximate surface area is 106 Å². The van der Waals surface area contributed by atoms with Gasteiger partial charge in [-0.1, -0.05) is 6.92 Å².